The van der Waals surface area contributed by atoms with Gasteiger partial charge >= 0.3 is 5.97 Å². The molecule has 0 radical (unpaired) electrons. The van der Waals surface area contributed by atoms with Crippen molar-refractivity contribution in [1.29, 1.82) is 0 Å². The van der Waals surface area contributed by atoms with Crippen LogP contribution in [0.25, 0.3) is 0 Å². The van der Waals surface area contributed by atoms with Crippen molar-refractivity contribution in [2.75, 3.05) is 13.1 Å². The van der Waals surface area contributed by atoms with Crippen LogP contribution in [0.5, 0.6) is 17.2 Å². The predicted octanol–water partition coefficient (Wildman–Crippen LogP) is -0.397. The van der Waals surface area contributed by atoms with E-state index < -0.39 is 23.2 Å². The Balaban J connectivity index is 0.000000225. The monoisotopic (exact) mass is 255 g/mol. The molecule has 1 aromatic rings. The van der Waals surface area contributed by atoms with Crippen LogP contribution in [-0.4, -0.2) is 34.4 Å². The maximum absolute atomic E-state index is 10.7. The van der Waals surface area contributed by atoms with E-state index in [1.807, 2.05) is 0 Å². The van der Waals surface area contributed by atoms with Gasteiger partial charge in [-0.05, 0) is 37.1 Å². The van der Waals surface area contributed by atoms with Gasteiger partial charge < -0.3 is 25.7 Å². The first kappa shape index (κ1) is 14.1. The fraction of sp³-hybridized carbons (Fsp3) is 0.417. The van der Waals surface area contributed by atoms with Crippen LogP contribution in [0.4, 0.5) is 0 Å². The molecule has 0 aliphatic carbocycles. The summed E-state index contributed by atoms with van der Waals surface area (Å²) < 4.78 is 0. The summed E-state index contributed by atoms with van der Waals surface area (Å²) in [5, 5.41) is 39.0. The number of carboxylic acid groups (broad SMARTS) is 1. The van der Waals surface area contributed by atoms with Gasteiger partial charge in [-0.3, -0.25) is 0 Å². The van der Waals surface area contributed by atoms with Crippen molar-refractivity contribution < 1.29 is 30.5 Å². The van der Waals surface area contributed by atoms with Crippen LogP contribution < -0.4 is 10.4 Å². The number of quaternary nitrogens is 1. The third-order valence-corrected chi connectivity index (χ3v) is 2.61. The number of carboxylic acids is 1. The highest BCUT2D eigenvalue weighted by atomic mass is 16.4. The number of piperidine rings is 1. The summed E-state index contributed by atoms with van der Waals surface area (Å²) in [6.07, 6.45) is 4.36. The number of phenols is 2. The highest BCUT2D eigenvalue weighted by molar-refractivity contribution is 5.89. The maximum atomic E-state index is 10.7. The Morgan fingerprint density at radius 1 is 1.11 bits per heavy atom. The summed E-state index contributed by atoms with van der Waals surface area (Å²) in [4.78, 5) is 10.3. The zero-order valence-electron chi connectivity index (χ0n) is 9.93. The van der Waals surface area contributed by atoms with Crippen molar-refractivity contribution >= 4 is 5.97 Å². The number of carbonyl (C=O) groups is 1. The van der Waals surface area contributed by atoms with Crippen LogP contribution in [0.3, 0.4) is 0 Å². The SMILES string of the molecule is C1CC[NH2+]CC1.O=C(O)c1cc(O)c([O-])c(O)c1. The van der Waals surface area contributed by atoms with Crippen molar-refractivity contribution in [3.05, 3.63) is 17.7 Å². The minimum Gasteiger partial charge on any atom is -0.867 e. The van der Waals surface area contributed by atoms with Crippen LogP contribution in [0.15, 0.2) is 12.1 Å². The molecule has 2 rings (SSSR count). The highest BCUT2D eigenvalue weighted by Gasteiger charge is 2.07. The number of nitrogens with two attached hydrogens (primary N) is 1. The molecule has 0 unspecified atom stereocenters. The number of aromatic hydroxyl groups is 2. The molecular formula is C12H17NO5. The summed E-state index contributed by atoms with van der Waals surface area (Å²) >= 11 is 0. The van der Waals surface area contributed by atoms with E-state index in [-0.39, 0.29) is 5.56 Å². The lowest BCUT2D eigenvalue weighted by molar-refractivity contribution is -0.662. The zero-order valence-corrected chi connectivity index (χ0v) is 9.93. The highest BCUT2D eigenvalue weighted by Crippen LogP contribution is 2.32. The average Bonchev–Trinajstić information content (AvgIpc) is 2.38. The van der Waals surface area contributed by atoms with E-state index in [0.29, 0.717) is 0 Å². The van der Waals surface area contributed by atoms with Crippen molar-refractivity contribution in [2.45, 2.75) is 19.3 Å². The van der Waals surface area contributed by atoms with Crippen molar-refractivity contribution in [3.8, 4) is 17.2 Å². The van der Waals surface area contributed by atoms with Crippen LogP contribution in [-0.2, 0) is 0 Å². The van der Waals surface area contributed by atoms with E-state index in [9.17, 15) is 9.90 Å². The Morgan fingerprint density at radius 3 is 1.89 bits per heavy atom. The summed E-state index contributed by atoms with van der Waals surface area (Å²) in [5.74, 6) is -3.83. The van der Waals surface area contributed by atoms with Crippen LogP contribution in [0.2, 0.25) is 0 Å². The lowest BCUT2D eigenvalue weighted by Crippen LogP contribution is -2.85. The third kappa shape index (κ3) is 4.14. The molecule has 1 aromatic carbocycles. The number of phenolic OH excluding ortho intramolecular Hbond substituents is 2. The second kappa shape index (κ2) is 6.70. The summed E-state index contributed by atoms with van der Waals surface area (Å²) in [6, 6.07) is 1.56. The molecule has 100 valence electrons. The third-order valence-electron chi connectivity index (χ3n) is 2.61. The first-order chi connectivity index (χ1) is 8.52. The largest absolute Gasteiger partial charge is 0.867 e. The van der Waals surface area contributed by atoms with Gasteiger partial charge in [0.2, 0.25) is 0 Å². The molecule has 1 aliphatic heterocycles. The quantitative estimate of drug-likeness (QED) is 0.545. The molecule has 6 nitrogen and oxygen atoms in total. The molecule has 18 heavy (non-hydrogen) atoms. The van der Waals surface area contributed by atoms with Gasteiger partial charge in [-0.25, -0.2) is 4.79 Å². The van der Waals surface area contributed by atoms with E-state index in [1.165, 1.54) is 32.4 Å². The van der Waals surface area contributed by atoms with Crippen LogP contribution in [0.1, 0.15) is 29.6 Å². The lowest BCUT2D eigenvalue weighted by atomic mass is 10.2. The number of hydrogen-bond acceptors (Lipinski definition) is 4. The Kier molecular flexibility index (Phi) is 5.26. The second-order valence-electron chi connectivity index (χ2n) is 4.08. The fourth-order valence-electron chi connectivity index (χ4n) is 1.62. The predicted molar refractivity (Wildman–Crippen MR) is 61.7 cm³/mol. The Bertz CT molecular complexity index is 380. The number of benzene rings is 1. The zero-order chi connectivity index (χ0) is 13.5. The van der Waals surface area contributed by atoms with Gasteiger partial charge in [0.05, 0.1) is 18.7 Å². The molecule has 1 heterocycles. The standard InChI is InChI=1S/C7H6O5.C5H11N/c8-4-1-3(7(11)12)2-5(9)6(4)10;1-2-4-6-5-3-1/h1-2,8-10H,(H,11,12);6H,1-5H2. The minimum atomic E-state index is -1.32. The molecule has 6 heteroatoms. The summed E-state index contributed by atoms with van der Waals surface area (Å²) in [5.41, 5.74) is -0.329. The number of aromatic carboxylic acids is 1. The first-order valence-electron chi connectivity index (χ1n) is 5.80. The molecule has 0 amide bonds. The average molecular weight is 255 g/mol. The Hall–Kier alpha value is -1.95. The molecule has 1 fully saturated rings. The van der Waals surface area contributed by atoms with E-state index >= 15 is 0 Å². The molecule has 0 bridgehead atoms. The molecule has 5 N–H and O–H groups in total. The molecular weight excluding hydrogens is 238 g/mol. The number of rotatable bonds is 1. The smallest absolute Gasteiger partial charge is 0.335 e. The molecule has 0 spiro atoms. The van der Waals surface area contributed by atoms with E-state index in [2.05, 4.69) is 5.32 Å². The fourth-order valence-corrected chi connectivity index (χ4v) is 1.62. The van der Waals surface area contributed by atoms with Crippen LogP contribution in [0, 0.1) is 0 Å². The first-order valence-corrected chi connectivity index (χ1v) is 5.80. The van der Waals surface area contributed by atoms with Gasteiger partial charge in [0, 0.05) is 0 Å². The Labute approximate surface area is 105 Å². The summed E-state index contributed by atoms with van der Waals surface area (Å²) in [7, 11) is 0. The molecule has 1 saturated heterocycles. The second-order valence-corrected chi connectivity index (χ2v) is 4.08. The normalized spacial score (nSPS) is 14.4. The summed E-state index contributed by atoms with van der Waals surface area (Å²) in [6.45, 7) is 2.75. The van der Waals surface area contributed by atoms with Gasteiger partial charge in [-0.1, -0.05) is 0 Å². The van der Waals surface area contributed by atoms with Crippen molar-refractivity contribution in [1.82, 2.24) is 0 Å². The van der Waals surface area contributed by atoms with E-state index in [0.717, 1.165) is 12.1 Å². The van der Waals surface area contributed by atoms with Gasteiger partial charge in [0.25, 0.3) is 0 Å². The van der Waals surface area contributed by atoms with Gasteiger partial charge in [-0.15, -0.1) is 0 Å². The maximum Gasteiger partial charge on any atom is 0.335 e. The number of hydrogen-bond donors (Lipinski definition) is 4. The Morgan fingerprint density at radius 2 is 1.61 bits per heavy atom. The molecule has 0 saturated carbocycles. The topological polar surface area (TPSA) is 117 Å². The van der Waals surface area contributed by atoms with E-state index in [1.54, 1.807) is 0 Å². The minimum absolute atomic E-state index is 0.329. The van der Waals surface area contributed by atoms with Gasteiger partial charge in [0.15, 0.2) is 0 Å². The van der Waals surface area contributed by atoms with Gasteiger partial charge in [-0.2, -0.15) is 0 Å². The molecule has 0 atom stereocenters. The lowest BCUT2D eigenvalue weighted by Gasteiger charge is -2.10. The van der Waals surface area contributed by atoms with E-state index in [4.69, 9.17) is 15.3 Å². The van der Waals surface area contributed by atoms with Crippen molar-refractivity contribution in [3.63, 3.8) is 0 Å². The molecule has 0 aromatic heterocycles. The molecule has 1 aliphatic rings. The van der Waals surface area contributed by atoms with Crippen molar-refractivity contribution in [2.24, 2.45) is 0 Å². The van der Waals surface area contributed by atoms with Gasteiger partial charge in [0.1, 0.15) is 11.5 Å². The van der Waals surface area contributed by atoms with Crippen LogP contribution >= 0.6 is 0 Å².